The Morgan fingerprint density at radius 2 is 2.00 bits per heavy atom. The van der Waals surface area contributed by atoms with Crippen LogP contribution in [0.3, 0.4) is 0 Å². The minimum Gasteiger partial charge on any atom is -0.487 e. The number of nitrogens with zero attached hydrogens (tertiary/aromatic N) is 1. The molecule has 2 rings (SSSR count). The molecule has 0 atom stereocenters. The van der Waals surface area contributed by atoms with Crippen molar-refractivity contribution in [3.8, 4) is 5.75 Å². The Morgan fingerprint density at radius 1 is 1.22 bits per heavy atom. The van der Waals surface area contributed by atoms with E-state index in [4.69, 9.17) is 10.5 Å². The molecule has 1 aromatic heterocycles. The maximum atomic E-state index is 13.3. The number of hydrogen-bond donors (Lipinski definition) is 1. The van der Waals surface area contributed by atoms with Crippen molar-refractivity contribution in [2.75, 3.05) is 5.73 Å². The number of nitrogens with two attached hydrogens (primary N) is 1. The van der Waals surface area contributed by atoms with E-state index in [1.54, 1.807) is 12.4 Å². The molecule has 2 aromatic rings. The summed E-state index contributed by atoms with van der Waals surface area (Å²) < 4.78 is 20.0. The fourth-order valence-corrected chi connectivity index (χ4v) is 2.14. The second-order valence-corrected chi connectivity index (χ2v) is 5.37. The van der Waals surface area contributed by atoms with Crippen LogP contribution in [0.1, 0.15) is 5.56 Å². The van der Waals surface area contributed by atoms with Gasteiger partial charge in [-0.1, -0.05) is 0 Å². The molecular weight excluding hydrogens is 367 g/mol. The second kappa shape index (κ2) is 5.67. The van der Waals surface area contributed by atoms with Crippen molar-refractivity contribution in [2.24, 2.45) is 0 Å². The minimum atomic E-state index is -0.411. The summed E-state index contributed by atoms with van der Waals surface area (Å²) in [6, 6.07) is 4.60. The quantitative estimate of drug-likeness (QED) is 0.827. The molecule has 0 saturated heterocycles. The molecule has 18 heavy (non-hydrogen) atoms. The van der Waals surface area contributed by atoms with Crippen LogP contribution in [0, 0.1) is 5.82 Å². The van der Waals surface area contributed by atoms with Crippen molar-refractivity contribution < 1.29 is 9.13 Å². The third kappa shape index (κ3) is 3.20. The van der Waals surface area contributed by atoms with Gasteiger partial charge in [0.05, 0.1) is 10.2 Å². The Morgan fingerprint density at radius 3 is 2.72 bits per heavy atom. The first-order chi connectivity index (χ1) is 8.56. The summed E-state index contributed by atoms with van der Waals surface area (Å²) in [4.78, 5) is 4.01. The van der Waals surface area contributed by atoms with Crippen LogP contribution < -0.4 is 10.5 Å². The summed E-state index contributed by atoms with van der Waals surface area (Å²) in [5, 5.41) is 0. The normalized spacial score (nSPS) is 10.4. The molecule has 1 heterocycles. The van der Waals surface area contributed by atoms with Gasteiger partial charge >= 0.3 is 0 Å². The highest BCUT2D eigenvalue weighted by molar-refractivity contribution is 9.10. The smallest absolute Gasteiger partial charge is 0.145 e. The number of rotatable bonds is 3. The van der Waals surface area contributed by atoms with E-state index in [1.807, 2.05) is 6.07 Å². The molecule has 0 aliphatic carbocycles. The summed E-state index contributed by atoms with van der Waals surface area (Å²) in [6.45, 7) is 0.276. The number of pyridine rings is 1. The van der Waals surface area contributed by atoms with Crippen molar-refractivity contribution in [1.29, 1.82) is 0 Å². The van der Waals surface area contributed by atoms with E-state index in [0.717, 1.165) is 10.0 Å². The molecule has 0 fully saturated rings. The number of anilines is 1. The Bertz CT molecular complexity index is 578. The number of halogens is 3. The van der Waals surface area contributed by atoms with Gasteiger partial charge in [-0.25, -0.2) is 4.39 Å². The zero-order valence-corrected chi connectivity index (χ0v) is 12.3. The predicted octanol–water partition coefficient (Wildman–Crippen LogP) is 3.91. The maximum absolute atomic E-state index is 13.3. The summed E-state index contributed by atoms with van der Waals surface area (Å²) in [6.07, 6.45) is 3.35. The molecular formula is C12H9Br2FN2O. The first kappa shape index (κ1) is 13.3. The summed E-state index contributed by atoms with van der Waals surface area (Å²) in [7, 11) is 0. The van der Waals surface area contributed by atoms with E-state index in [0.29, 0.717) is 15.9 Å². The highest BCUT2D eigenvalue weighted by atomic mass is 79.9. The van der Waals surface area contributed by atoms with E-state index >= 15 is 0 Å². The molecule has 0 unspecified atom stereocenters. The molecule has 0 spiro atoms. The van der Waals surface area contributed by atoms with Gasteiger partial charge < -0.3 is 10.5 Å². The zero-order valence-electron chi connectivity index (χ0n) is 9.16. The molecule has 0 aliphatic rings. The summed E-state index contributed by atoms with van der Waals surface area (Å²) in [5.74, 6) is -0.0951. The molecule has 0 bridgehead atoms. The van der Waals surface area contributed by atoms with Gasteiger partial charge in [-0.2, -0.15) is 0 Å². The second-order valence-electron chi connectivity index (χ2n) is 3.60. The van der Waals surface area contributed by atoms with Crippen LogP contribution in [0.25, 0.3) is 0 Å². The Labute approximate surface area is 120 Å². The predicted molar refractivity (Wildman–Crippen MR) is 74.8 cm³/mol. The van der Waals surface area contributed by atoms with E-state index in [-0.39, 0.29) is 6.61 Å². The molecule has 0 amide bonds. The lowest BCUT2D eigenvalue weighted by molar-refractivity contribution is 0.305. The van der Waals surface area contributed by atoms with Crippen molar-refractivity contribution in [2.45, 2.75) is 6.61 Å². The van der Waals surface area contributed by atoms with Crippen LogP contribution in [0.2, 0.25) is 0 Å². The van der Waals surface area contributed by atoms with Gasteiger partial charge in [-0.05, 0) is 44.0 Å². The standard InChI is InChI=1S/C12H9Br2FN2O/c13-8-1-7(4-17-5-8)6-18-12-3-10(15)9(14)2-11(12)16/h1-5H,6,16H2. The van der Waals surface area contributed by atoms with Gasteiger partial charge in [0, 0.05) is 28.5 Å². The monoisotopic (exact) mass is 374 g/mol. The zero-order chi connectivity index (χ0) is 13.1. The molecule has 6 heteroatoms. The lowest BCUT2D eigenvalue weighted by Gasteiger charge is -2.09. The molecule has 0 aliphatic heterocycles. The van der Waals surface area contributed by atoms with Crippen molar-refractivity contribution in [3.63, 3.8) is 0 Å². The first-order valence-corrected chi connectivity index (χ1v) is 6.61. The third-order valence-corrected chi connectivity index (χ3v) is 3.25. The maximum Gasteiger partial charge on any atom is 0.145 e. The summed E-state index contributed by atoms with van der Waals surface area (Å²) in [5.41, 5.74) is 6.99. The highest BCUT2D eigenvalue weighted by Crippen LogP contribution is 2.29. The van der Waals surface area contributed by atoms with Gasteiger partial charge in [0.1, 0.15) is 18.2 Å². The Hall–Kier alpha value is -1.14. The molecule has 2 N–H and O–H groups in total. The molecule has 0 saturated carbocycles. The third-order valence-electron chi connectivity index (χ3n) is 2.21. The van der Waals surface area contributed by atoms with Crippen LogP contribution in [0.5, 0.6) is 5.75 Å². The number of benzene rings is 1. The molecule has 3 nitrogen and oxygen atoms in total. The SMILES string of the molecule is Nc1cc(Br)c(F)cc1OCc1cncc(Br)c1. The van der Waals surface area contributed by atoms with Crippen molar-refractivity contribution >= 4 is 37.5 Å². The van der Waals surface area contributed by atoms with Crippen LogP contribution in [0.15, 0.2) is 39.5 Å². The van der Waals surface area contributed by atoms with E-state index in [9.17, 15) is 4.39 Å². The molecule has 0 radical (unpaired) electrons. The van der Waals surface area contributed by atoms with E-state index in [1.165, 1.54) is 12.1 Å². The fraction of sp³-hybridized carbons (Fsp3) is 0.0833. The average Bonchev–Trinajstić information content (AvgIpc) is 2.32. The topological polar surface area (TPSA) is 48.1 Å². The van der Waals surface area contributed by atoms with Crippen LogP contribution in [-0.2, 0) is 6.61 Å². The van der Waals surface area contributed by atoms with Crippen molar-refractivity contribution in [3.05, 3.63) is 50.9 Å². The van der Waals surface area contributed by atoms with E-state index < -0.39 is 5.82 Å². The summed E-state index contributed by atoms with van der Waals surface area (Å²) >= 11 is 6.37. The van der Waals surface area contributed by atoms with Gasteiger partial charge in [0.2, 0.25) is 0 Å². The highest BCUT2D eigenvalue weighted by Gasteiger charge is 2.07. The van der Waals surface area contributed by atoms with Gasteiger partial charge in [0.15, 0.2) is 0 Å². The van der Waals surface area contributed by atoms with Crippen molar-refractivity contribution in [1.82, 2.24) is 4.98 Å². The number of aromatic nitrogens is 1. The van der Waals surface area contributed by atoms with Gasteiger partial charge in [-0.3, -0.25) is 4.98 Å². The largest absolute Gasteiger partial charge is 0.487 e. The first-order valence-electron chi connectivity index (χ1n) is 5.03. The number of hydrogen-bond acceptors (Lipinski definition) is 3. The van der Waals surface area contributed by atoms with Crippen LogP contribution >= 0.6 is 31.9 Å². The van der Waals surface area contributed by atoms with Gasteiger partial charge in [0.25, 0.3) is 0 Å². The lowest BCUT2D eigenvalue weighted by atomic mass is 10.3. The molecule has 1 aromatic carbocycles. The Balaban J connectivity index is 2.13. The lowest BCUT2D eigenvalue weighted by Crippen LogP contribution is -2.00. The number of nitrogen functional groups attached to an aromatic ring is 1. The average molecular weight is 376 g/mol. The van der Waals surface area contributed by atoms with E-state index in [2.05, 4.69) is 36.8 Å². The van der Waals surface area contributed by atoms with Gasteiger partial charge in [-0.15, -0.1) is 0 Å². The molecule has 94 valence electrons. The Kier molecular flexibility index (Phi) is 4.19. The van der Waals surface area contributed by atoms with Crippen LogP contribution in [-0.4, -0.2) is 4.98 Å². The minimum absolute atomic E-state index is 0.276. The van der Waals surface area contributed by atoms with Crippen LogP contribution in [0.4, 0.5) is 10.1 Å². The number of ether oxygens (including phenoxy) is 1. The fourth-order valence-electron chi connectivity index (χ4n) is 1.36.